The molecule has 1 saturated carbocycles. The van der Waals surface area contributed by atoms with Crippen molar-refractivity contribution in [2.75, 3.05) is 18.1 Å². The molecule has 64 valence electrons. The molecule has 0 aromatic heterocycles. The van der Waals surface area contributed by atoms with Gasteiger partial charge in [0.2, 0.25) is 0 Å². The summed E-state index contributed by atoms with van der Waals surface area (Å²) in [5, 5.41) is 3.66. The molecule has 11 heavy (non-hydrogen) atoms. The second kappa shape index (κ2) is 3.81. The summed E-state index contributed by atoms with van der Waals surface area (Å²) in [6.45, 7) is 1.26. The van der Waals surface area contributed by atoms with Crippen molar-refractivity contribution in [1.29, 1.82) is 0 Å². The molecule has 0 aromatic carbocycles. The van der Waals surface area contributed by atoms with Crippen LogP contribution in [0.1, 0.15) is 25.7 Å². The van der Waals surface area contributed by atoms with Crippen LogP contribution in [0.3, 0.4) is 0 Å². The predicted molar refractivity (Wildman–Crippen MR) is 51.1 cm³/mol. The third-order valence-electron chi connectivity index (χ3n) is 2.89. The SMILES string of the molecule is C1CNC(C2CCC2)CSC1. The Morgan fingerprint density at radius 2 is 2.09 bits per heavy atom. The van der Waals surface area contributed by atoms with Crippen molar-refractivity contribution in [1.82, 2.24) is 5.32 Å². The minimum absolute atomic E-state index is 0.858. The zero-order valence-corrected chi connectivity index (χ0v) is 7.83. The lowest BCUT2D eigenvalue weighted by molar-refractivity contribution is 0.246. The highest BCUT2D eigenvalue weighted by atomic mass is 32.2. The first-order valence-corrected chi connectivity index (χ1v) is 5.93. The highest BCUT2D eigenvalue weighted by Crippen LogP contribution is 2.31. The average molecular weight is 171 g/mol. The van der Waals surface area contributed by atoms with Crippen LogP contribution in [0.5, 0.6) is 0 Å². The molecular weight excluding hydrogens is 154 g/mol. The van der Waals surface area contributed by atoms with E-state index in [0.29, 0.717) is 0 Å². The highest BCUT2D eigenvalue weighted by Gasteiger charge is 2.27. The van der Waals surface area contributed by atoms with Crippen molar-refractivity contribution in [3.8, 4) is 0 Å². The van der Waals surface area contributed by atoms with E-state index in [4.69, 9.17) is 0 Å². The van der Waals surface area contributed by atoms with Gasteiger partial charge in [0.15, 0.2) is 0 Å². The molecule has 0 radical (unpaired) electrons. The molecule has 1 aliphatic heterocycles. The molecule has 0 aromatic rings. The smallest absolute Gasteiger partial charge is 0.0186 e. The van der Waals surface area contributed by atoms with E-state index in [2.05, 4.69) is 17.1 Å². The fraction of sp³-hybridized carbons (Fsp3) is 1.00. The maximum absolute atomic E-state index is 3.66. The molecule has 2 aliphatic rings. The third kappa shape index (κ3) is 1.91. The maximum Gasteiger partial charge on any atom is 0.0186 e. The fourth-order valence-corrected chi connectivity index (χ4v) is 3.03. The van der Waals surface area contributed by atoms with Gasteiger partial charge in [-0.05, 0) is 37.5 Å². The Kier molecular flexibility index (Phi) is 2.75. The lowest BCUT2D eigenvalue weighted by Gasteiger charge is -2.33. The van der Waals surface area contributed by atoms with Crippen molar-refractivity contribution in [2.24, 2.45) is 5.92 Å². The van der Waals surface area contributed by atoms with Gasteiger partial charge in [0.1, 0.15) is 0 Å². The highest BCUT2D eigenvalue weighted by molar-refractivity contribution is 7.99. The molecule has 1 saturated heterocycles. The summed E-state index contributed by atoms with van der Waals surface area (Å²) < 4.78 is 0. The topological polar surface area (TPSA) is 12.0 Å². The maximum atomic E-state index is 3.66. The summed E-state index contributed by atoms with van der Waals surface area (Å²) in [6.07, 6.45) is 5.82. The van der Waals surface area contributed by atoms with E-state index in [9.17, 15) is 0 Å². The van der Waals surface area contributed by atoms with Crippen LogP contribution in [-0.2, 0) is 0 Å². The Morgan fingerprint density at radius 1 is 1.18 bits per heavy atom. The third-order valence-corrected chi connectivity index (χ3v) is 4.06. The largest absolute Gasteiger partial charge is 0.313 e. The lowest BCUT2D eigenvalue weighted by atomic mass is 9.80. The second-order valence-electron chi connectivity index (χ2n) is 3.68. The van der Waals surface area contributed by atoms with Crippen LogP contribution in [0.4, 0.5) is 0 Å². The average Bonchev–Trinajstić information content (AvgIpc) is 2.12. The second-order valence-corrected chi connectivity index (χ2v) is 4.83. The van der Waals surface area contributed by atoms with Crippen molar-refractivity contribution in [3.63, 3.8) is 0 Å². The first kappa shape index (κ1) is 7.93. The summed E-state index contributed by atoms with van der Waals surface area (Å²) in [7, 11) is 0. The van der Waals surface area contributed by atoms with Crippen LogP contribution < -0.4 is 5.32 Å². The molecule has 2 heteroatoms. The lowest BCUT2D eigenvalue weighted by Crippen LogP contribution is -2.40. The van der Waals surface area contributed by atoms with E-state index >= 15 is 0 Å². The van der Waals surface area contributed by atoms with Crippen LogP contribution in [0, 0.1) is 5.92 Å². The van der Waals surface area contributed by atoms with E-state index in [0.717, 1.165) is 12.0 Å². The van der Waals surface area contributed by atoms with Crippen LogP contribution >= 0.6 is 11.8 Å². The van der Waals surface area contributed by atoms with Gasteiger partial charge in [-0.1, -0.05) is 6.42 Å². The molecule has 0 bridgehead atoms. The first-order valence-electron chi connectivity index (χ1n) is 4.78. The van der Waals surface area contributed by atoms with Gasteiger partial charge in [0.05, 0.1) is 0 Å². The molecule has 1 unspecified atom stereocenters. The summed E-state index contributed by atoms with van der Waals surface area (Å²) in [6, 6.07) is 0.858. The number of rotatable bonds is 1. The number of hydrogen-bond donors (Lipinski definition) is 1. The zero-order chi connectivity index (χ0) is 7.52. The summed E-state index contributed by atoms with van der Waals surface area (Å²) in [5.74, 6) is 3.77. The van der Waals surface area contributed by atoms with Gasteiger partial charge in [-0.15, -0.1) is 0 Å². The van der Waals surface area contributed by atoms with Gasteiger partial charge in [0, 0.05) is 11.8 Å². The van der Waals surface area contributed by atoms with E-state index in [-0.39, 0.29) is 0 Å². The molecule has 1 N–H and O–H groups in total. The van der Waals surface area contributed by atoms with Crippen LogP contribution in [0.2, 0.25) is 0 Å². The van der Waals surface area contributed by atoms with Crippen LogP contribution in [0.15, 0.2) is 0 Å². The Balaban J connectivity index is 1.80. The molecule has 2 rings (SSSR count). The molecule has 2 fully saturated rings. The molecular formula is C9H17NS. The van der Waals surface area contributed by atoms with Crippen LogP contribution in [-0.4, -0.2) is 24.1 Å². The van der Waals surface area contributed by atoms with Crippen molar-refractivity contribution in [3.05, 3.63) is 0 Å². The molecule has 0 amide bonds. The van der Waals surface area contributed by atoms with Crippen molar-refractivity contribution in [2.45, 2.75) is 31.7 Å². The standard InChI is InChI=1S/C9H17NS/c1-3-8(4-1)9-7-11-6-2-5-10-9/h8-10H,1-7H2. The zero-order valence-electron chi connectivity index (χ0n) is 7.01. The van der Waals surface area contributed by atoms with Gasteiger partial charge in [0.25, 0.3) is 0 Å². The van der Waals surface area contributed by atoms with Gasteiger partial charge >= 0.3 is 0 Å². The quantitative estimate of drug-likeness (QED) is 0.646. The molecule has 1 nitrogen and oxygen atoms in total. The number of thioether (sulfide) groups is 1. The Morgan fingerprint density at radius 3 is 2.82 bits per heavy atom. The molecule has 1 atom stereocenters. The molecule has 0 spiro atoms. The summed E-state index contributed by atoms with van der Waals surface area (Å²) >= 11 is 2.14. The minimum atomic E-state index is 0.858. The normalized spacial score (nSPS) is 34.4. The number of nitrogens with one attached hydrogen (secondary N) is 1. The molecule has 1 heterocycles. The van der Waals surface area contributed by atoms with Gasteiger partial charge < -0.3 is 5.32 Å². The van der Waals surface area contributed by atoms with Gasteiger partial charge in [-0.25, -0.2) is 0 Å². The van der Waals surface area contributed by atoms with Crippen LogP contribution in [0.25, 0.3) is 0 Å². The monoisotopic (exact) mass is 171 g/mol. The van der Waals surface area contributed by atoms with Crippen molar-refractivity contribution >= 4 is 11.8 Å². The first-order chi connectivity index (χ1) is 5.47. The van der Waals surface area contributed by atoms with E-state index < -0.39 is 0 Å². The Hall–Kier alpha value is 0.310. The number of hydrogen-bond acceptors (Lipinski definition) is 2. The molecule has 1 aliphatic carbocycles. The summed E-state index contributed by atoms with van der Waals surface area (Å²) in [4.78, 5) is 0. The fourth-order valence-electron chi connectivity index (χ4n) is 1.88. The minimum Gasteiger partial charge on any atom is -0.313 e. The summed E-state index contributed by atoms with van der Waals surface area (Å²) in [5.41, 5.74) is 0. The Bertz CT molecular complexity index is 115. The van der Waals surface area contributed by atoms with Crippen molar-refractivity contribution < 1.29 is 0 Å². The van der Waals surface area contributed by atoms with E-state index in [1.165, 1.54) is 43.7 Å². The predicted octanol–water partition coefficient (Wildman–Crippen LogP) is 1.88. The Labute approximate surface area is 73.3 Å². The van der Waals surface area contributed by atoms with Gasteiger partial charge in [-0.3, -0.25) is 0 Å². The van der Waals surface area contributed by atoms with Gasteiger partial charge in [-0.2, -0.15) is 11.8 Å². The van der Waals surface area contributed by atoms with E-state index in [1.54, 1.807) is 0 Å². The van der Waals surface area contributed by atoms with E-state index in [1.807, 2.05) is 0 Å².